The Hall–Kier alpha value is -2.29. The van der Waals surface area contributed by atoms with Crippen molar-refractivity contribution < 1.29 is 17.9 Å². The molecule has 150 valence electrons. The number of piperazine rings is 1. The third-order valence-corrected chi connectivity index (χ3v) is 6.75. The molecule has 0 radical (unpaired) electrons. The smallest absolute Gasteiger partial charge is 0.243 e. The Kier molecular flexibility index (Phi) is 6.12. The van der Waals surface area contributed by atoms with E-state index in [-0.39, 0.29) is 15.8 Å². The number of carbonyl (C=O) groups excluding carboxylic acids is 1. The number of nitrogens with zero attached hydrogens (tertiary/aromatic N) is 2. The molecule has 7 nitrogen and oxygen atoms in total. The van der Waals surface area contributed by atoms with Crippen molar-refractivity contribution in [3.8, 4) is 5.75 Å². The highest BCUT2D eigenvalue weighted by Crippen LogP contribution is 2.28. The number of anilines is 2. The highest BCUT2D eigenvalue weighted by molar-refractivity contribution is 7.89. The second kappa shape index (κ2) is 8.38. The van der Waals surface area contributed by atoms with Gasteiger partial charge in [-0.25, -0.2) is 8.42 Å². The minimum atomic E-state index is -3.66. The maximum atomic E-state index is 13.0. The number of hydrogen-bond acceptors (Lipinski definition) is 5. The average Bonchev–Trinajstić information content (AvgIpc) is 2.69. The van der Waals surface area contributed by atoms with Crippen LogP contribution in [0.15, 0.2) is 47.4 Å². The first kappa shape index (κ1) is 20.4. The maximum absolute atomic E-state index is 13.0. The molecule has 0 atom stereocenters. The van der Waals surface area contributed by atoms with Crippen molar-refractivity contribution in [1.82, 2.24) is 4.31 Å². The summed E-state index contributed by atoms with van der Waals surface area (Å²) < 4.78 is 32.6. The third-order valence-electron chi connectivity index (χ3n) is 4.55. The van der Waals surface area contributed by atoms with E-state index < -0.39 is 10.0 Å². The van der Waals surface area contributed by atoms with E-state index in [1.165, 1.54) is 29.4 Å². The van der Waals surface area contributed by atoms with Gasteiger partial charge in [-0.1, -0.05) is 17.7 Å². The van der Waals surface area contributed by atoms with Crippen LogP contribution in [0.4, 0.5) is 11.4 Å². The van der Waals surface area contributed by atoms with Crippen LogP contribution < -0.4 is 15.0 Å². The van der Waals surface area contributed by atoms with Gasteiger partial charge in [-0.2, -0.15) is 4.31 Å². The number of sulfonamides is 1. The van der Waals surface area contributed by atoms with E-state index in [0.29, 0.717) is 31.9 Å². The number of methoxy groups -OCH3 is 1. The highest BCUT2D eigenvalue weighted by atomic mass is 35.5. The van der Waals surface area contributed by atoms with Gasteiger partial charge in [-0.15, -0.1) is 0 Å². The van der Waals surface area contributed by atoms with E-state index in [1.54, 1.807) is 7.11 Å². The standard InChI is InChI=1S/C19H22ClN3O4S/c1-14(24)21-19-7-6-17(13-18(19)20)28(25,26)23-10-8-22(9-11-23)15-4-3-5-16(12-15)27-2/h3-7,12-13H,8-11H2,1-2H3,(H,21,24). The minimum Gasteiger partial charge on any atom is -0.497 e. The van der Waals surface area contributed by atoms with Crippen LogP contribution in [0.1, 0.15) is 6.92 Å². The summed E-state index contributed by atoms with van der Waals surface area (Å²) in [6.45, 7) is 3.24. The molecular formula is C19H22ClN3O4S. The Balaban J connectivity index is 1.72. The first-order valence-electron chi connectivity index (χ1n) is 8.77. The molecule has 0 aromatic heterocycles. The molecule has 1 saturated heterocycles. The molecule has 1 aliphatic heterocycles. The molecule has 28 heavy (non-hydrogen) atoms. The van der Waals surface area contributed by atoms with Crippen LogP contribution in [0.3, 0.4) is 0 Å². The number of ether oxygens (including phenoxy) is 1. The molecule has 0 aliphatic carbocycles. The summed E-state index contributed by atoms with van der Waals surface area (Å²) in [5.41, 5.74) is 1.38. The van der Waals surface area contributed by atoms with E-state index in [0.717, 1.165) is 11.4 Å². The van der Waals surface area contributed by atoms with Gasteiger partial charge in [-0.3, -0.25) is 4.79 Å². The number of halogens is 1. The number of hydrogen-bond donors (Lipinski definition) is 1. The number of benzene rings is 2. The van der Waals surface area contributed by atoms with E-state index in [2.05, 4.69) is 10.2 Å². The number of rotatable bonds is 5. The van der Waals surface area contributed by atoms with Gasteiger partial charge < -0.3 is 15.0 Å². The lowest BCUT2D eigenvalue weighted by Gasteiger charge is -2.35. The molecule has 1 N–H and O–H groups in total. The minimum absolute atomic E-state index is 0.112. The zero-order valence-electron chi connectivity index (χ0n) is 15.7. The van der Waals surface area contributed by atoms with Gasteiger partial charge in [0.15, 0.2) is 0 Å². The maximum Gasteiger partial charge on any atom is 0.243 e. The molecule has 1 heterocycles. The van der Waals surface area contributed by atoms with Crippen LogP contribution in [-0.2, 0) is 14.8 Å². The lowest BCUT2D eigenvalue weighted by molar-refractivity contribution is -0.114. The van der Waals surface area contributed by atoms with Crippen molar-refractivity contribution in [2.75, 3.05) is 43.5 Å². The van der Waals surface area contributed by atoms with E-state index in [4.69, 9.17) is 16.3 Å². The second-order valence-electron chi connectivity index (χ2n) is 6.42. The van der Waals surface area contributed by atoms with Gasteiger partial charge in [0.05, 0.1) is 22.7 Å². The summed E-state index contributed by atoms with van der Waals surface area (Å²) in [7, 11) is -2.05. The first-order chi connectivity index (χ1) is 13.3. The zero-order chi connectivity index (χ0) is 20.3. The van der Waals surface area contributed by atoms with Crippen molar-refractivity contribution >= 4 is 38.9 Å². The SMILES string of the molecule is COc1cccc(N2CCN(S(=O)(=O)c3ccc(NC(C)=O)c(Cl)c3)CC2)c1. The van der Waals surface area contributed by atoms with Gasteiger partial charge in [0.25, 0.3) is 0 Å². The number of amides is 1. The fourth-order valence-corrected chi connectivity index (χ4v) is 4.83. The topological polar surface area (TPSA) is 79.0 Å². The molecule has 1 fully saturated rings. The summed E-state index contributed by atoms with van der Waals surface area (Å²) >= 11 is 6.13. The Labute approximate surface area is 169 Å². The van der Waals surface area contributed by atoms with Crippen molar-refractivity contribution in [2.24, 2.45) is 0 Å². The lowest BCUT2D eigenvalue weighted by atomic mass is 10.2. The van der Waals surface area contributed by atoms with Crippen LogP contribution in [0, 0.1) is 0 Å². The number of nitrogens with one attached hydrogen (secondary N) is 1. The number of carbonyl (C=O) groups is 1. The summed E-state index contributed by atoms with van der Waals surface area (Å²) in [6.07, 6.45) is 0. The van der Waals surface area contributed by atoms with Crippen molar-refractivity contribution in [3.05, 3.63) is 47.5 Å². The van der Waals surface area contributed by atoms with Gasteiger partial charge in [0.1, 0.15) is 5.75 Å². The summed E-state index contributed by atoms with van der Waals surface area (Å²) in [5.74, 6) is 0.493. The van der Waals surface area contributed by atoms with E-state index in [1.807, 2.05) is 24.3 Å². The Morgan fingerprint density at radius 2 is 1.82 bits per heavy atom. The van der Waals surface area contributed by atoms with Crippen molar-refractivity contribution in [3.63, 3.8) is 0 Å². The molecule has 2 aromatic rings. The third kappa shape index (κ3) is 4.40. The zero-order valence-corrected chi connectivity index (χ0v) is 17.3. The molecule has 3 rings (SSSR count). The Bertz CT molecular complexity index is 973. The van der Waals surface area contributed by atoms with Crippen LogP contribution in [0.25, 0.3) is 0 Å². The quantitative estimate of drug-likeness (QED) is 0.800. The van der Waals surface area contributed by atoms with Gasteiger partial charge in [0, 0.05) is 44.9 Å². The van der Waals surface area contributed by atoms with Crippen LogP contribution in [0.2, 0.25) is 5.02 Å². The van der Waals surface area contributed by atoms with Crippen LogP contribution >= 0.6 is 11.6 Å². The summed E-state index contributed by atoms with van der Waals surface area (Å²) in [5, 5.41) is 2.75. The predicted octanol–water partition coefficient (Wildman–Crippen LogP) is 2.82. The average molecular weight is 424 g/mol. The molecule has 2 aromatic carbocycles. The highest BCUT2D eigenvalue weighted by Gasteiger charge is 2.29. The van der Waals surface area contributed by atoms with Crippen LogP contribution in [-0.4, -0.2) is 51.9 Å². The monoisotopic (exact) mass is 423 g/mol. The van der Waals surface area contributed by atoms with Crippen molar-refractivity contribution in [2.45, 2.75) is 11.8 Å². The molecule has 0 bridgehead atoms. The summed E-state index contributed by atoms with van der Waals surface area (Å²) in [6, 6.07) is 12.0. The molecule has 9 heteroatoms. The Morgan fingerprint density at radius 3 is 2.43 bits per heavy atom. The fraction of sp³-hybridized carbons (Fsp3) is 0.316. The largest absolute Gasteiger partial charge is 0.497 e. The molecular weight excluding hydrogens is 402 g/mol. The van der Waals surface area contributed by atoms with Crippen LogP contribution in [0.5, 0.6) is 5.75 Å². The first-order valence-corrected chi connectivity index (χ1v) is 10.6. The van der Waals surface area contributed by atoms with E-state index in [9.17, 15) is 13.2 Å². The van der Waals surface area contributed by atoms with Crippen molar-refractivity contribution in [1.29, 1.82) is 0 Å². The fourth-order valence-electron chi connectivity index (χ4n) is 3.09. The lowest BCUT2D eigenvalue weighted by Crippen LogP contribution is -2.48. The molecule has 0 saturated carbocycles. The second-order valence-corrected chi connectivity index (χ2v) is 8.76. The molecule has 0 unspecified atom stereocenters. The normalized spacial score (nSPS) is 15.3. The predicted molar refractivity (Wildman–Crippen MR) is 110 cm³/mol. The molecule has 1 amide bonds. The molecule has 0 spiro atoms. The molecule has 1 aliphatic rings. The van der Waals surface area contributed by atoms with Gasteiger partial charge >= 0.3 is 0 Å². The van der Waals surface area contributed by atoms with Gasteiger partial charge in [-0.05, 0) is 30.3 Å². The van der Waals surface area contributed by atoms with E-state index >= 15 is 0 Å². The summed E-state index contributed by atoms with van der Waals surface area (Å²) in [4.78, 5) is 13.4. The Morgan fingerprint density at radius 1 is 1.11 bits per heavy atom. The van der Waals surface area contributed by atoms with Gasteiger partial charge in [0.2, 0.25) is 15.9 Å².